The van der Waals surface area contributed by atoms with E-state index < -0.39 is 12.0 Å². The lowest BCUT2D eigenvalue weighted by molar-refractivity contribution is -0.139. The Kier molecular flexibility index (Phi) is 2.36. The van der Waals surface area contributed by atoms with Gasteiger partial charge in [0.1, 0.15) is 6.04 Å². The van der Waals surface area contributed by atoms with E-state index in [9.17, 15) is 4.79 Å². The van der Waals surface area contributed by atoms with E-state index in [1.54, 1.807) is 24.3 Å². The van der Waals surface area contributed by atoms with Crippen molar-refractivity contribution < 1.29 is 11.3 Å². The van der Waals surface area contributed by atoms with Crippen molar-refractivity contribution in [1.82, 2.24) is 5.32 Å². The van der Waals surface area contributed by atoms with Crippen molar-refractivity contribution in [2.45, 2.75) is 6.04 Å². The summed E-state index contributed by atoms with van der Waals surface area (Å²) in [6.45, 7) is 0. The predicted octanol–water partition coefficient (Wildman–Crippen LogP) is 1.03. The van der Waals surface area contributed by atoms with Crippen molar-refractivity contribution in [3.63, 3.8) is 0 Å². The van der Waals surface area contributed by atoms with E-state index in [0.29, 0.717) is 5.56 Å². The third-order valence-electron chi connectivity index (χ3n) is 1.58. The quantitative estimate of drug-likeness (QED) is 0.705. The monoisotopic (exact) mass is 166 g/mol. The first-order chi connectivity index (χ1) is 6.25. The first kappa shape index (κ1) is 7.31. The largest absolute Gasteiger partial charge is 0.480 e. The summed E-state index contributed by atoms with van der Waals surface area (Å²) in [5, 5.41) is 11.4. The van der Waals surface area contributed by atoms with Crippen LogP contribution in [0, 0.1) is 0 Å². The van der Waals surface area contributed by atoms with Crippen LogP contribution in [0.25, 0.3) is 0 Å². The van der Waals surface area contributed by atoms with E-state index >= 15 is 0 Å². The van der Waals surface area contributed by atoms with E-state index in [1.807, 2.05) is 6.07 Å². The first-order valence-corrected chi connectivity index (χ1v) is 3.56. The third-order valence-corrected chi connectivity index (χ3v) is 1.58. The molecule has 3 heteroatoms. The van der Waals surface area contributed by atoms with Crippen molar-refractivity contribution in [3.8, 4) is 0 Å². The minimum atomic E-state index is -0.960. The van der Waals surface area contributed by atoms with Crippen molar-refractivity contribution in [2.24, 2.45) is 0 Å². The summed E-state index contributed by atoms with van der Waals surface area (Å²) in [6, 6.07) is 8.04. The molecule has 0 saturated carbocycles. The fourth-order valence-corrected chi connectivity index (χ4v) is 0.993. The van der Waals surface area contributed by atoms with Crippen LogP contribution in [0.2, 0.25) is 0 Å². The molecule has 0 heterocycles. The molecule has 1 aromatic carbocycles. The molecule has 3 nitrogen and oxygen atoms in total. The maximum absolute atomic E-state index is 10.7. The Labute approximate surface area is 72.4 Å². The number of carboxylic acid groups (broad SMARTS) is 1. The van der Waals surface area contributed by atoms with Crippen LogP contribution in [0.4, 0.5) is 0 Å². The molecule has 0 spiro atoms. The van der Waals surface area contributed by atoms with Crippen LogP contribution in [-0.4, -0.2) is 18.1 Å². The number of nitrogens with one attached hydrogen (secondary N) is 1. The van der Waals surface area contributed by atoms with Gasteiger partial charge in [0.25, 0.3) is 0 Å². The van der Waals surface area contributed by atoms with Crippen LogP contribution in [0.1, 0.15) is 13.0 Å². The second kappa shape index (κ2) is 3.88. The highest BCUT2D eigenvalue weighted by Crippen LogP contribution is 2.11. The highest BCUT2D eigenvalue weighted by Gasteiger charge is 2.15. The molecule has 0 aliphatic rings. The lowest BCUT2D eigenvalue weighted by Crippen LogP contribution is -2.24. The second-order valence-electron chi connectivity index (χ2n) is 2.39. The number of rotatable bonds is 3. The lowest BCUT2D eigenvalue weighted by Gasteiger charge is -2.10. The molecule has 1 atom stereocenters. The van der Waals surface area contributed by atoms with Gasteiger partial charge in [-0.2, -0.15) is 0 Å². The molecule has 0 aromatic heterocycles. The van der Waals surface area contributed by atoms with Crippen LogP contribution in [0.3, 0.4) is 0 Å². The Morgan fingerprint density at radius 2 is 2.25 bits per heavy atom. The standard InChI is InChI=1S/C9H11NO2/c1-10-8(9(11)12)7-5-3-2-4-6-7/h2-6,8,10H,1H3,(H,11,12)/i1D. The zero-order valence-corrected chi connectivity index (χ0v) is 6.53. The van der Waals surface area contributed by atoms with Crippen LogP contribution >= 0.6 is 0 Å². The average Bonchev–Trinajstić information content (AvgIpc) is 2.15. The molecule has 1 rings (SSSR count). The van der Waals surface area contributed by atoms with Crippen molar-refractivity contribution in [2.75, 3.05) is 7.02 Å². The van der Waals surface area contributed by atoms with Gasteiger partial charge in [0.15, 0.2) is 0 Å². The number of hydrogen-bond acceptors (Lipinski definition) is 2. The summed E-state index contributed by atoms with van der Waals surface area (Å²) in [7, 11) is -0.105. The van der Waals surface area contributed by atoms with Crippen LogP contribution in [0.15, 0.2) is 30.3 Å². The van der Waals surface area contributed by atoms with Crippen molar-refractivity contribution >= 4 is 5.97 Å². The van der Waals surface area contributed by atoms with Crippen LogP contribution < -0.4 is 5.32 Å². The average molecular weight is 166 g/mol. The van der Waals surface area contributed by atoms with Gasteiger partial charge in [0.2, 0.25) is 0 Å². The van der Waals surface area contributed by atoms with E-state index in [1.165, 1.54) is 0 Å². The Bertz CT molecular complexity index is 276. The maximum Gasteiger partial charge on any atom is 0.325 e. The fraction of sp³-hybridized carbons (Fsp3) is 0.222. The van der Waals surface area contributed by atoms with E-state index in [-0.39, 0.29) is 7.02 Å². The van der Waals surface area contributed by atoms with Crippen LogP contribution in [0.5, 0.6) is 0 Å². The van der Waals surface area contributed by atoms with E-state index in [0.717, 1.165) is 0 Å². The molecule has 1 unspecified atom stereocenters. The van der Waals surface area contributed by atoms with Crippen molar-refractivity contribution in [3.05, 3.63) is 35.9 Å². The molecule has 0 aliphatic carbocycles. The van der Waals surface area contributed by atoms with Gasteiger partial charge in [-0.1, -0.05) is 30.3 Å². The van der Waals surface area contributed by atoms with Gasteiger partial charge in [0, 0.05) is 1.37 Å². The van der Waals surface area contributed by atoms with Gasteiger partial charge in [-0.15, -0.1) is 0 Å². The van der Waals surface area contributed by atoms with Gasteiger partial charge in [0.05, 0.1) is 0 Å². The molecular weight excluding hydrogens is 154 g/mol. The third kappa shape index (κ3) is 1.83. The molecule has 0 bridgehead atoms. The fourth-order valence-electron chi connectivity index (χ4n) is 0.993. The predicted molar refractivity (Wildman–Crippen MR) is 45.9 cm³/mol. The normalized spacial score (nSPS) is 13.5. The summed E-state index contributed by atoms with van der Waals surface area (Å²) in [5.41, 5.74) is 0.669. The molecular formula is C9H11NO2. The molecule has 0 radical (unpaired) electrons. The zero-order chi connectivity index (χ0) is 9.68. The molecule has 12 heavy (non-hydrogen) atoms. The summed E-state index contributed by atoms with van der Waals surface area (Å²) >= 11 is 0. The molecule has 0 fully saturated rings. The first-order valence-electron chi connectivity index (χ1n) is 4.27. The highest BCUT2D eigenvalue weighted by molar-refractivity contribution is 5.75. The zero-order valence-electron chi connectivity index (χ0n) is 7.53. The SMILES string of the molecule is [2H]CNC(C(=O)O)c1ccccc1. The highest BCUT2D eigenvalue weighted by atomic mass is 16.4. The molecule has 0 aliphatic heterocycles. The Balaban J connectivity index is 2.82. The molecule has 2 N–H and O–H groups in total. The van der Waals surface area contributed by atoms with E-state index in [4.69, 9.17) is 6.48 Å². The van der Waals surface area contributed by atoms with Gasteiger partial charge >= 0.3 is 5.97 Å². The molecule has 0 amide bonds. The minimum Gasteiger partial charge on any atom is -0.480 e. The molecule has 1 aromatic rings. The number of carbonyl (C=O) groups is 1. The van der Waals surface area contributed by atoms with Crippen molar-refractivity contribution in [1.29, 1.82) is 0 Å². The molecule has 0 saturated heterocycles. The minimum absolute atomic E-state index is 0.105. The Morgan fingerprint density at radius 3 is 2.75 bits per heavy atom. The summed E-state index contributed by atoms with van der Waals surface area (Å²) in [6.07, 6.45) is 0. The van der Waals surface area contributed by atoms with Gasteiger partial charge in [-0.05, 0) is 12.6 Å². The van der Waals surface area contributed by atoms with Gasteiger partial charge < -0.3 is 10.4 Å². The second-order valence-corrected chi connectivity index (χ2v) is 2.39. The van der Waals surface area contributed by atoms with Gasteiger partial charge in [-0.3, -0.25) is 4.79 Å². The number of likely N-dealkylation sites (N-methyl/N-ethyl adjacent to an activating group) is 1. The topological polar surface area (TPSA) is 49.3 Å². The van der Waals surface area contributed by atoms with Crippen LogP contribution in [-0.2, 0) is 4.79 Å². The summed E-state index contributed by atoms with van der Waals surface area (Å²) in [5.74, 6) is -0.960. The van der Waals surface area contributed by atoms with E-state index in [2.05, 4.69) is 5.32 Å². The lowest BCUT2D eigenvalue weighted by atomic mass is 10.1. The number of carboxylic acids is 1. The van der Waals surface area contributed by atoms with Gasteiger partial charge in [-0.25, -0.2) is 0 Å². The Hall–Kier alpha value is -1.35. The number of aliphatic carboxylic acids is 1. The smallest absolute Gasteiger partial charge is 0.325 e. The molecule has 64 valence electrons. The number of benzene rings is 1. The Morgan fingerprint density at radius 1 is 1.58 bits per heavy atom. The summed E-state index contributed by atoms with van der Waals surface area (Å²) < 4.78 is 6.90. The summed E-state index contributed by atoms with van der Waals surface area (Å²) in [4.78, 5) is 10.7. The maximum atomic E-state index is 10.7. The number of hydrogen-bond donors (Lipinski definition) is 2.